The summed E-state index contributed by atoms with van der Waals surface area (Å²) in [6, 6.07) is 6.91. The van der Waals surface area contributed by atoms with Crippen molar-refractivity contribution in [3.05, 3.63) is 47.3 Å². The van der Waals surface area contributed by atoms with Gasteiger partial charge < -0.3 is 10.6 Å². The van der Waals surface area contributed by atoms with Crippen LogP contribution in [0.15, 0.2) is 30.5 Å². The molecule has 3 rings (SSSR count). The fourth-order valence-electron chi connectivity index (χ4n) is 3.44. The van der Waals surface area contributed by atoms with Crippen LogP contribution in [0.25, 0.3) is 0 Å². The van der Waals surface area contributed by atoms with E-state index in [2.05, 4.69) is 15.7 Å². The highest BCUT2D eigenvalue weighted by Crippen LogP contribution is 2.34. The highest BCUT2D eigenvalue weighted by Gasteiger charge is 2.34. The molecule has 1 aliphatic carbocycles. The average molecular weight is 391 g/mol. The number of anilines is 1. The van der Waals surface area contributed by atoms with Crippen LogP contribution in [0, 0.1) is 11.3 Å². The molecule has 1 amide bonds. The van der Waals surface area contributed by atoms with E-state index >= 15 is 0 Å². The maximum absolute atomic E-state index is 13.1. The lowest BCUT2D eigenvalue weighted by atomic mass is 9.90. The Morgan fingerprint density at radius 2 is 1.89 bits per heavy atom. The zero-order chi connectivity index (χ0) is 20.3. The van der Waals surface area contributed by atoms with Gasteiger partial charge in [-0.25, -0.2) is 0 Å². The van der Waals surface area contributed by atoms with Crippen LogP contribution in [0.5, 0.6) is 0 Å². The standard InChI is InChI=1S/C19H20F3N5O/c1-27-17(8-9-24-27)18(28)26-14-6-4-13(5-7-14)25-15-3-2-12(11-23)16(10-15)19(20,21)22/h2-3,8-10,13-14,25H,4-7H2,1H3,(H,26,28)/t13-,14+. The van der Waals surface area contributed by atoms with Crippen molar-refractivity contribution < 1.29 is 18.0 Å². The van der Waals surface area contributed by atoms with Crippen molar-refractivity contribution in [1.29, 1.82) is 5.26 Å². The molecule has 2 N–H and O–H groups in total. The monoisotopic (exact) mass is 391 g/mol. The summed E-state index contributed by atoms with van der Waals surface area (Å²) >= 11 is 0. The number of alkyl halides is 3. The Balaban J connectivity index is 1.57. The normalized spacial score (nSPS) is 19.7. The lowest BCUT2D eigenvalue weighted by Gasteiger charge is -2.30. The Kier molecular flexibility index (Phi) is 5.58. The van der Waals surface area contributed by atoms with Gasteiger partial charge >= 0.3 is 6.18 Å². The van der Waals surface area contributed by atoms with Crippen molar-refractivity contribution >= 4 is 11.6 Å². The fourth-order valence-corrected chi connectivity index (χ4v) is 3.44. The number of rotatable bonds is 4. The topological polar surface area (TPSA) is 82.7 Å². The number of hydrogen-bond acceptors (Lipinski definition) is 4. The van der Waals surface area contributed by atoms with E-state index in [9.17, 15) is 18.0 Å². The predicted molar refractivity (Wildman–Crippen MR) is 96.5 cm³/mol. The van der Waals surface area contributed by atoms with Crippen LogP contribution in [0.4, 0.5) is 18.9 Å². The number of nitrogens with one attached hydrogen (secondary N) is 2. The third-order valence-electron chi connectivity index (χ3n) is 4.93. The molecule has 0 aliphatic heterocycles. The van der Waals surface area contributed by atoms with Crippen molar-refractivity contribution in [2.75, 3.05) is 5.32 Å². The molecule has 9 heteroatoms. The molecule has 0 spiro atoms. The molecule has 2 aromatic rings. The molecule has 6 nitrogen and oxygen atoms in total. The number of hydrogen-bond donors (Lipinski definition) is 2. The minimum absolute atomic E-state index is 0.0128. The summed E-state index contributed by atoms with van der Waals surface area (Å²) in [5.74, 6) is -0.182. The Bertz CT molecular complexity index is 892. The van der Waals surface area contributed by atoms with Gasteiger partial charge in [-0.3, -0.25) is 9.48 Å². The summed E-state index contributed by atoms with van der Waals surface area (Å²) < 4.78 is 40.8. The van der Waals surface area contributed by atoms with Crippen LogP contribution in [0.3, 0.4) is 0 Å². The fraction of sp³-hybridized carbons (Fsp3) is 0.421. The number of aryl methyl sites for hydroxylation is 1. The first kappa shape index (κ1) is 19.7. The molecule has 0 atom stereocenters. The number of amides is 1. The van der Waals surface area contributed by atoms with Crippen molar-refractivity contribution in [3.63, 3.8) is 0 Å². The van der Waals surface area contributed by atoms with E-state index in [1.165, 1.54) is 16.8 Å². The molecule has 1 aromatic heterocycles. The zero-order valence-electron chi connectivity index (χ0n) is 15.3. The van der Waals surface area contributed by atoms with Crippen molar-refractivity contribution in [1.82, 2.24) is 15.1 Å². The largest absolute Gasteiger partial charge is 0.417 e. The van der Waals surface area contributed by atoms with E-state index in [1.54, 1.807) is 25.4 Å². The predicted octanol–water partition coefficient (Wildman–Crippen LogP) is 3.46. The molecule has 0 radical (unpaired) electrons. The van der Waals surface area contributed by atoms with Crippen LogP contribution in [-0.4, -0.2) is 27.8 Å². The highest BCUT2D eigenvalue weighted by molar-refractivity contribution is 5.92. The van der Waals surface area contributed by atoms with E-state index in [-0.39, 0.29) is 23.6 Å². The summed E-state index contributed by atoms with van der Waals surface area (Å²) in [7, 11) is 1.70. The van der Waals surface area contributed by atoms with Gasteiger partial charge in [0.15, 0.2) is 0 Å². The third kappa shape index (κ3) is 4.44. The molecular formula is C19H20F3N5O. The van der Waals surface area contributed by atoms with Crippen LogP contribution in [-0.2, 0) is 13.2 Å². The average Bonchev–Trinajstić information content (AvgIpc) is 3.08. The van der Waals surface area contributed by atoms with Crippen molar-refractivity contribution in [2.45, 2.75) is 43.9 Å². The van der Waals surface area contributed by atoms with Crippen LogP contribution in [0.2, 0.25) is 0 Å². The molecule has 28 heavy (non-hydrogen) atoms. The summed E-state index contributed by atoms with van der Waals surface area (Å²) in [5, 5.41) is 18.9. The Labute approximate surface area is 160 Å². The van der Waals surface area contributed by atoms with Gasteiger partial charge in [0.05, 0.1) is 17.2 Å². The molecule has 0 saturated heterocycles. The van der Waals surface area contributed by atoms with Crippen molar-refractivity contribution in [3.8, 4) is 6.07 Å². The Morgan fingerprint density at radius 3 is 2.46 bits per heavy atom. The van der Waals surface area contributed by atoms with Gasteiger partial charge in [0.1, 0.15) is 5.69 Å². The summed E-state index contributed by atoms with van der Waals surface area (Å²) in [4.78, 5) is 12.2. The SMILES string of the molecule is Cn1nccc1C(=O)N[C@H]1CC[C@@H](Nc2ccc(C#N)c(C(F)(F)F)c2)CC1. The molecule has 1 aromatic carbocycles. The van der Waals surface area contributed by atoms with Gasteiger partial charge in [-0.2, -0.15) is 23.5 Å². The van der Waals surface area contributed by atoms with Crippen LogP contribution >= 0.6 is 0 Å². The lowest BCUT2D eigenvalue weighted by Crippen LogP contribution is -2.40. The van der Waals surface area contributed by atoms with E-state index in [0.29, 0.717) is 11.4 Å². The summed E-state index contributed by atoms with van der Waals surface area (Å²) in [5.41, 5.74) is -0.497. The molecule has 1 fully saturated rings. The molecular weight excluding hydrogens is 371 g/mol. The molecule has 1 saturated carbocycles. The molecule has 0 unspecified atom stereocenters. The maximum atomic E-state index is 13.1. The van der Waals surface area contributed by atoms with Crippen LogP contribution in [0.1, 0.15) is 47.3 Å². The summed E-state index contributed by atoms with van der Waals surface area (Å²) in [6.07, 6.45) is -0.123. The second-order valence-corrected chi connectivity index (χ2v) is 6.88. The minimum Gasteiger partial charge on any atom is -0.382 e. The second-order valence-electron chi connectivity index (χ2n) is 6.88. The van der Waals surface area contributed by atoms with Gasteiger partial charge in [0, 0.05) is 31.0 Å². The van der Waals surface area contributed by atoms with E-state index in [1.807, 2.05) is 0 Å². The van der Waals surface area contributed by atoms with Gasteiger partial charge in [-0.1, -0.05) is 0 Å². The van der Waals surface area contributed by atoms with Gasteiger partial charge in [-0.15, -0.1) is 0 Å². The highest BCUT2D eigenvalue weighted by atomic mass is 19.4. The minimum atomic E-state index is -4.57. The van der Waals surface area contributed by atoms with Gasteiger partial charge in [0.25, 0.3) is 5.91 Å². The Hall–Kier alpha value is -3.02. The number of halogens is 3. The first-order chi connectivity index (χ1) is 13.3. The zero-order valence-corrected chi connectivity index (χ0v) is 15.3. The number of nitriles is 1. The van der Waals surface area contributed by atoms with Gasteiger partial charge in [0.2, 0.25) is 0 Å². The number of nitrogens with zero attached hydrogens (tertiary/aromatic N) is 3. The number of carbonyl (C=O) groups excluding carboxylic acids is 1. The number of benzene rings is 1. The van der Waals surface area contributed by atoms with Gasteiger partial charge in [-0.05, 0) is 49.9 Å². The molecule has 148 valence electrons. The van der Waals surface area contributed by atoms with E-state index in [4.69, 9.17) is 5.26 Å². The van der Waals surface area contributed by atoms with Crippen molar-refractivity contribution in [2.24, 2.45) is 7.05 Å². The molecule has 0 bridgehead atoms. The van der Waals surface area contributed by atoms with E-state index in [0.717, 1.165) is 31.7 Å². The summed E-state index contributed by atoms with van der Waals surface area (Å²) in [6.45, 7) is 0. The quantitative estimate of drug-likeness (QED) is 0.836. The van der Waals surface area contributed by atoms with Crippen LogP contribution < -0.4 is 10.6 Å². The Morgan fingerprint density at radius 1 is 1.21 bits per heavy atom. The third-order valence-corrected chi connectivity index (χ3v) is 4.93. The molecule has 1 heterocycles. The lowest BCUT2D eigenvalue weighted by molar-refractivity contribution is -0.137. The second kappa shape index (κ2) is 7.92. The first-order valence-electron chi connectivity index (χ1n) is 8.94. The van der Waals surface area contributed by atoms with E-state index < -0.39 is 11.7 Å². The molecule has 1 aliphatic rings. The smallest absolute Gasteiger partial charge is 0.382 e. The number of aromatic nitrogens is 2. The first-order valence-corrected chi connectivity index (χ1v) is 8.94. The number of carbonyl (C=O) groups is 1. The maximum Gasteiger partial charge on any atom is 0.417 e.